The Kier molecular flexibility index (Phi) is 5.14. The van der Waals surface area contributed by atoms with Crippen molar-refractivity contribution in [1.82, 2.24) is 14.7 Å². The summed E-state index contributed by atoms with van der Waals surface area (Å²) < 4.78 is 1.68. The lowest BCUT2D eigenvalue weighted by Gasteiger charge is -2.36. The minimum Gasteiger partial charge on any atom is -0.342 e. The van der Waals surface area contributed by atoms with Crippen LogP contribution in [-0.4, -0.2) is 33.7 Å². The van der Waals surface area contributed by atoms with Crippen molar-refractivity contribution >= 4 is 5.91 Å². The summed E-state index contributed by atoms with van der Waals surface area (Å²) in [4.78, 5) is 27.1. The van der Waals surface area contributed by atoms with Crippen molar-refractivity contribution in [1.29, 1.82) is 0 Å². The second-order valence-corrected chi connectivity index (χ2v) is 8.72. The van der Waals surface area contributed by atoms with Crippen molar-refractivity contribution in [2.45, 2.75) is 71.3 Å². The minimum atomic E-state index is 0.0421. The van der Waals surface area contributed by atoms with Gasteiger partial charge in [0.15, 0.2) is 0 Å². The van der Waals surface area contributed by atoms with Gasteiger partial charge in [0.1, 0.15) is 0 Å². The van der Waals surface area contributed by atoms with Crippen molar-refractivity contribution in [3.63, 3.8) is 0 Å². The average molecular weight is 357 g/mol. The van der Waals surface area contributed by atoms with E-state index in [9.17, 15) is 9.59 Å². The average Bonchev–Trinajstić information content (AvgIpc) is 3.10. The summed E-state index contributed by atoms with van der Waals surface area (Å²) in [7, 11) is 0. The third kappa shape index (κ3) is 3.72. The first-order valence-electron chi connectivity index (χ1n) is 10.5. The zero-order chi connectivity index (χ0) is 18.1. The number of hydrogen-bond donors (Lipinski definition) is 0. The van der Waals surface area contributed by atoms with Gasteiger partial charge in [-0.25, -0.2) is 4.68 Å². The van der Waals surface area contributed by atoms with E-state index in [1.165, 1.54) is 12.8 Å². The normalized spacial score (nSPS) is 26.7. The van der Waals surface area contributed by atoms with Crippen molar-refractivity contribution < 1.29 is 4.79 Å². The summed E-state index contributed by atoms with van der Waals surface area (Å²) >= 11 is 0. The maximum absolute atomic E-state index is 12.8. The van der Waals surface area contributed by atoms with E-state index in [0.29, 0.717) is 18.4 Å². The van der Waals surface area contributed by atoms with Crippen molar-refractivity contribution in [3.8, 4) is 0 Å². The second kappa shape index (κ2) is 7.53. The van der Waals surface area contributed by atoms with Gasteiger partial charge in [-0.15, -0.1) is 0 Å². The molecule has 5 heteroatoms. The third-order valence-electron chi connectivity index (χ3n) is 6.75. The SMILES string of the molecule is CC1CCC(C(=O)N2CCC(Cn3nc4c(cc3=O)CCC4)CC2)CC1. The van der Waals surface area contributed by atoms with E-state index < -0.39 is 0 Å². The van der Waals surface area contributed by atoms with Crippen LogP contribution < -0.4 is 5.56 Å². The number of aromatic nitrogens is 2. The fourth-order valence-corrected chi connectivity index (χ4v) is 4.92. The number of rotatable bonds is 3. The molecule has 0 bridgehead atoms. The number of carbonyl (C=O) groups excluding carboxylic acids is 1. The van der Waals surface area contributed by atoms with E-state index in [4.69, 9.17) is 0 Å². The molecule has 2 aliphatic carbocycles. The van der Waals surface area contributed by atoms with Gasteiger partial charge in [-0.2, -0.15) is 5.10 Å². The van der Waals surface area contributed by atoms with Crippen molar-refractivity contribution in [2.75, 3.05) is 13.1 Å². The number of likely N-dealkylation sites (tertiary alicyclic amines) is 1. The molecular weight excluding hydrogens is 326 g/mol. The summed E-state index contributed by atoms with van der Waals surface area (Å²) in [5, 5.41) is 4.61. The fourth-order valence-electron chi connectivity index (χ4n) is 4.92. The molecule has 1 aliphatic heterocycles. The molecule has 3 aliphatic rings. The molecule has 0 radical (unpaired) electrons. The Hall–Kier alpha value is -1.65. The van der Waals surface area contributed by atoms with Crippen LogP contribution in [0.5, 0.6) is 0 Å². The summed E-state index contributed by atoms with van der Waals surface area (Å²) in [5.41, 5.74) is 2.30. The van der Waals surface area contributed by atoms with E-state index in [0.717, 1.165) is 75.2 Å². The quantitative estimate of drug-likeness (QED) is 0.836. The molecule has 1 amide bonds. The second-order valence-electron chi connectivity index (χ2n) is 8.72. The van der Waals surface area contributed by atoms with Crippen LogP contribution >= 0.6 is 0 Å². The van der Waals surface area contributed by atoms with Crippen LogP contribution in [0.3, 0.4) is 0 Å². The largest absolute Gasteiger partial charge is 0.342 e. The van der Waals surface area contributed by atoms with Gasteiger partial charge in [0, 0.05) is 31.6 Å². The van der Waals surface area contributed by atoms with Gasteiger partial charge in [-0.3, -0.25) is 9.59 Å². The number of amides is 1. The summed E-state index contributed by atoms with van der Waals surface area (Å²) in [6.07, 6.45) is 9.61. The van der Waals surface area contributed by atoms with Crippen LogP contribution in [0.25, 0.3) is 0 Å². The minimum absolute atomic E-state index is 0.0421. The first-order valence-corrected chi connectivity index (χ1v) is 10.5. The van der Waals surface area contributed by atoms with Crippen LogP contribution in [0.2, 0.25) is 0 Å². The van der Waals surface area contributed by atoms with Crippen molar-refractivity contribution in [2.24, 2.45) is 17.8 Å². The molecule has 0 N–H and O–H groups in total. The van der Waals surface area contributed by atoms with E-state index in [1.54, 1.807) is 10.7 Å². The standard InChI is InChI=1S/C21H31N3O2/c1-15-5-7-17(8-6-15)21(26)23-11-9-16(10-12-23)14-24-20(25)13-18-3-2-4-19(18)22-24/h13,15-17H,2-12,14H2,1H3. The molecule has 2 heterocycles. The lowest BCUT2D eigenvalue weighted by Crippen LogP contribution is -2.43. The maximum atomic E-state index is 12.8. The molecule has 1 saturated carbocycles. The van der Waals surface area contributed by atoms with E-state index in [1.807, 2.05) is 0 Å². The molecule has 0 spiro atoms. The lowest BCUT2D eigenvalue weighted by atomic mass is 9.82. The first-order chi connectivity index (χ1) is 12.6. The fraction of sp³-hybridized carbons (Fsp3) is 0.762. The molecule has 1 aromatic heterocycles. The number of carbonyl (C=O) groups is 1. The van der Waals surface area contributed by atoms with Crippen LogP contribution in [0.4, 0.5) is 0 Å². The molecule has 2 fully saturated rings. The Morgan fingerprint density at radius 2 is 1.85 bits per heavy atom. The molecule has 1 saturated heterocycles. The Bertz CT molecular complexity index is 710. The molecule has 0 unspecified atom stereocenters. The lowest BCUT2D eigenvalue weighted by molar-refractivity contribution is -0.138. The molecule has 0 atom stereocenters. The summed E-state index contributed by atoms with van der Waals surface area (Å²) in [5.74, 6) is 1.87. The summed E-state index contributed by atoms with van der Waals surface area (Å²) in [6, 6.07) is 1.79. The molecule has 0 aromatic carbocycles. The molecule has 142 valence electrons. The Morgan fingerprint density at radius 3 is 2.58 bits per heavy atom. The predicted molar refractivity (Wildman–Crippen MR) is 101 cm³/mol. The van der Waals surface area contributed by atoms with E-state index in [2.05, 4.69) is 16.9 Å². The molecule has 26 heavy (non-hydrogen) atoms. The van der Waals surface area contributed by atoms with Gasteiger partial charge in [0.25, 0.3) is 5.56 Å². The Balaban J connectivity index is 1.31. The third-order valence-corrected chi connectivity index (χ3v) is 6.75. The highest BCUT2D eigenvalue weighted by Crippen LogP contribution is 2.31. The molecule has 4 rings (SSSR count). The van der Waals surface area contributed by atoms with E-state index >= 15 is 0 Å². The van der Waals surface area contributed by atoms with E-state index in [-0.39, 0.29) is 11.5 Å². The van der Waals surface area contributed by atoms with Crippen LogP contribution in [-0.2, 0) is 24.2 Å². The number of nitrogens with zero attached hydrogens (tertiary/aromatic N) is 3. The number of piperidine rings is 1. The summed E-state index contributed by atoms with van der Waals surface area (Å²) in [6.45, 7) is 4.68. The van der Waals surface area contributed by atoms with Crippen LogP contribution in [0.1, 0.15) is 63.1 Å². The van der Waals surface area contributed by atoms with Crippen molar-refractivity contribution in [3.05, 3.63) is 27.7 Å². The Labute approximate surface area is 155 Å². The van der Waals surface area contributed by atoms with Gasteiger partial charge in [-0.05, 0) is 75.2 Å². The smallest absolute Gasteiger partial charge is 0.267 e. The first kappa shape index (κ1) is 17.7. The zero-order valence-electron chi connectivity index (χ0n) is 16.0. The molecule has 5 nitrogen and oxygen atoms in total. The monoisotopic (exact) mass is 357 g/mol. The van der Waals surface area contributed by atoms with Gasteiger partial charge in [0.05, 0.1) is 5.69 Å². The van der Waals surface area contributed by atoms with Gasteiger partial charge in [0.2, 0.25) is 5.91 Å². The van der Waals surface area contributed by atoms with Crippen LogP contribution in [0, 0.1) is 17.8 Å². The van der Waals surface area contributed by atoms with Gasteiger partial charge >= 0.3 is 0 Å². The number of fused-ring (bicyclic) bond motifs is 1. The number of aryl methyl sites for hydroxylation is 2. The molecular formula is C21H31N3O2. The Morgan fingerprint density at radius 1 is 1.12 bits per heavy atom. The predicted octanol–water partition coefficient (Wildman–Crippen LogP) is 2.80. The van der Waals surface area contributed by atoms with Gasteiger partial charge in [-0.1, -0.05) is 6.92 Å². The highest BCUT2D eigenvalue weighted by atomic mass is 16.2. The zero-order valence-corrected chi connectivity index (χ0v) is 16.0. The topological polar surface area (TPSA) is 55.2 Å². The molecule has 1 aromatic rings. The maximum Gasteiger partial charge on any atom is 0.267 e. The highest BCUT2D eigenvalue weighted by molar-refractivity contribution is 5.79. The van der Waals surface area contributed by atoms with Crippen LogP contribution in [0.15, 0.2) is 10.9 Å². The number of hydrogen-bond acceptors (Lipinski definition) is 3. The highest BCUT2D eigenvalue weighted by Gasteiger charge is 2.30. The van der Waals surface area contributed by atoms with Gasteiger partial charge < -0.3 is 4.90 Å².